The third kappa shape index (κ3) is 139. The van der Waals surface area contributed by atoms with Crippen molar-refractivity contribution in [3.8, 4) is 0 Å². The van der Waals surface area contributed by atoms with E-state index in [1.54, 1.807) is 0 Å². The summed E-state index contributed by atoms with van der Waals surface area (Å²) in [4.78, 5) is 9.00. The van der Waals surface area contributed by atoms with Crippen LogP contribution in [0.25, 0.3) is 0 Å². The van der Waals surface area contributed by atoms with Crippen molar-refractivity contribution in [3.63, 3.8) is 0 Å². The number of primary amides is 2. The van der Waals surface area contributed by atoms with E-state index in [-0.39, 0.29) is 0 Å². The third-order valence-electron chi connectivity index (χ3n) is 0. The fourth-order valence-corrected chi connectivity index (χ4v) is 0. The summed E-state index contributed by atoms with van der Waals surface area (Å²) < 4.78 is 0. The number of carbonyl (C=O) groups excluding carboxylic acids is 1. The highest BCUT2D eigenvalue weighted by atomic mass is 16.5. The molecule has 0 rings (SSSR count). The van der Waals surface area contributed by atoms with Gasteiger partial charge < -0.3 is 21.7 Å². The van der Waals surface area contributed by atoms with E-state index in [0.717, 1.165) is 0 Å². The zero-order valence-corrected chi connectivity index (χ0v) is 4.53. The average molecular weight is 122 g/mol. The summed E-state index contributed by atoms with van der Waals surface area (Å²) >= 11 is 0. The van der Waals surface area contributed by atoms with E-state index in [0.29, 0.717) is 0 Å². The number of aliphatic hydroxyl groups is 2. The lowest BCUT2D eigenvalue weighted by Crippen LogP contribution is -2.18. The molecule has 6 N–H and O–H groups in total. The quantitative estimate of drug-likeness (QED) is 0.289. The smallest absolute Gasteiger partial charge is 0.309 e. The standard InChI is InChI=1S/C2H6O2.CH4N2O/c1-2(3)4;2-1(3)4/h2-4H,1H3;(H4,2,3,4). The Bertz CT molecular complexity index is 56.8. The molecule has 50 valence electrons. The minimum Gasteiger partial charge on any atom is -0.368 e. The molecule has 0 saturated carbocycles. The Balaban J connectivity index is 0. The molecule has 2 amide bonds. The number of amides is 2. The van der Waals surface area contributed by atoms with Crippen LogP contribution in [0.4, 0.5) is 4.79 Å². The second-order valence-electron chi connectivity index (χ2n) is 1.03. The molecular weight excluding hydrogens is 112 g/mol. The number of hydrogen-bond donors (Lipinski definition) is 4. The highest BCUT2D eigenvalue weighted by molar-refractivity contribution is 5.69. The van der Waals surface area contributed by atoms with E-state index in [4.69, 9.17) is 15.0 Å². The number of rotatable bonds is 0. The molecule has 0 aliphatic carbocycles. The number of hydrogen-bond acceptors (Lipinski definition) is 3. The van der Waals surface area contributed by atoms with Crippen LogP contribution in [0.2, 0.25) is 0 Å². The summed E-state index contributed by atoms with van der Waals surface area (Å²) in [5.74, 6) is 0. The SMILES string of the molecule is CC(O)O.NC(N)=O. The summed E-state index contributed by atoms with van der Waals surface area (Å²) in [6.45, 7) is 1.28. The Morgan fingerprint density at radius 3 is 1.50 bits per heavy atom. The highest BCUT2D eigenvalue weighted by Gasteiger charge is 1.70. The van der Waals surface area contributed by atoms with Gasteiger partial charge in [0.15, 0.2) is 0 Å². The molecule has 0 radical (unpaired) electrons. The lowest BCUT2D eigenvalue weighted by Gasteiger charge is -1.80. The van der Waals surface area contributed by atoms with Crippen molar-refractivity contribution in [2.24, 2.45) is 11.5 Å². The molecule has 5 nitrogen and oxygen atoms in total. The van der Waals surface area contributed by atoms with E-state index in [1.165, 1.54) is 6.92 Å². The van der Waals surface area contributed by atoms with Gasteiger partial charge in [-0.05, 0) is 6.92 Å². The van der Waals surface area contributed by atoms with Crippen LogP contribution in [0.5, 0.6) is 0 Å². The maximum atomic E-state index is 9.00. The monoisotopic (exact) mass is 122 g/mol. The predicted molar refractivity (Wildman–Crippen MR) is 27.7 cm³/mol. The first-order valence-electron chi connectivity index (χ1n) is 1.88. The van der Waals surface area contributed by atoms with Crippen LogP contribution in [0.3, 0.4) is 0 Å². The summed E-state index contributed by atoms with van der Waals surface area (Å²) in [7, 11) is 0. The van der Waals surface area contributed by atoms with Crippen LogP contribution in [0.15, 0.2) is 0 Å². The molecule has 0 heterocycles. The van der Waals surface area contributed by atoms with E-state index in [2.05, 4.69) is 11.5 Å². The molecule has 0 aromatic carbocycles. The average Bonchev–Trinajstić information content (AvgIpc) is 1.25. The second-order valence-corrected chi connectivity index (χ2v) is 1.03. The van der Waals surface area contributed by atoms with E-state index >= 15 is 0 Å². The topological polar surface area (TPSA) is 110 Å². The first kappa shape index (κ1) is 10.2. The number of aliphatic hydroxyl groups excluding tert-OH is 1. The lowest BCUT2D eigenvalue weighted by atomic mass is 10.8. The lowest BCUT2D eigenvalue weighted by molar-refractivity contribution is -0.0228. The normalized spacial score (nSPS) is 7.50. The highest BCUT2D eigenvalue weighted by Crippen LogP contribution is 1.57. The maximum Gasteiger partial charge on any atom is 0.309 e. The van der Waals surface area contributed by atoms with Gasteiger partial charge in [-0.3, -0.25) is 0 Å². The van der Waals surface area contributed by atoms with Gasteiger partial charge in [-0.2, -0.15) is 0 Å². The summed E-state index contributed by atoms with van der Waals surface area (Å²) in [6, 6.07) is -0.833. The second kappa shape index (κ2) is 6.19. The minimum atomic E-state index is -1.17. The predicted octanol–water partition coefficient (Wildman–Crippen LogP) is -1.66. The Hall–Kier alpha value is -0.810. The van der Waals surface area contributed by atoms with Gasteiger partial charge >= 0.3 is 6.03 Å². The van der Waals surface area contributed by atoms with E-state index in [1.807, 2.05) is 0 Å². The van der Waals surface area contributed by atoms with Gasteiger partial charge in [0.2, 0.25) is 0 Å². The number of carbonyl (C=O) groups is 1. The molecule has 0 fully saturated rings. The Kier molecular flexibility index (Phi) is 7.91. The van der Waals surface area contributed by atoms with Gasteiger partial charge in [0.25, 0.3) is 0 Å². The molecule has 0 spiro atoms. The van der Waals surface area contributed by atoms with Crippen LogP contribution < -0.4 is 11.5 Å². The Labute approximate surface area is 46.9 Å². The van der Waals surface area contributed by atoms with Crippen LogP contribution in [-0.2, 0) is 0 Å². The number of urea groups is 1. The van der Waals surface area contributed by atoms with Crippen molar-refractivity contribution in [3.05, 3.63) is 0 Å². The zero-order valence-electron chi connectivity index (χ0n) is 4.53. The molecule has 0 aromatic heterocycles. The summed E-state index contributed by atoms with van der Waals surface area (Å²) in [5, 5.41) is 15.2. The molecule has 8 heavy (non-hydrogen) atoms. The molecule has 0 atom stereocenters. The molecule has 0 bridgehead atoms. The molecule has 5 heteroatoms. The Morgan fingerprint density at radius 1 is 1.50 bits per heavy atom. The number of nitrogens with two attached hydrogens (primary N) is 2. The van der Waals surface area contributed by atoms with Gasteiger partial charge in [-0.25, -0.2) is 4.79 Å². The fourth-order valence-electron chi connectivity index (χ4n) is 0. The van der Waals surface area contributed by atoms with Gasteiger partial charge in [0, 0.05) is 0 Å². The van der Waals surface area contributed by atoms with E-state index < -0.39 is 12.3 Å². The first-order chi connectivity index (χ1) is 3.46. The van der Waals surface area contributed by atoms with Crippen LogP contribution >= 0.6 is 0 Å². The minimum absolute atomic E-state index is 0.833. The van der Waals surface area contributed by atoms with Gasteiger partial charge in [-0.1, -0.05) is 0 Å². The van der Waals surface area contributed by atoms with Gasteiger partial charge in [0.05, 0.1) is 0 Å². The van der Waals surface area contributed by atoms with Crippen LogP contribution in [0, 0.1) is 0 Å². The fraction of sp³-hybridized carbons (Fsp3) is 0.667. The Morgan fingerprint density at radius 2 is 1.50 bits per heavy atom. The molecule has 0 aliphatic heterocycles. The largest absolute Gasteiger partial charge is 0.368 e. The molecule has 0 unspecified atom stereocenters. The molecule has 0 aromatic rings. The zero-order chi connectivity index (χ0) is 7.15. The van der Waals surface area contributed by atoms with Crippen molar-refractivity contribution >= 4 is 6.03 Å². The van der Waals surface area contributed by atoms with Crippen LogP contribution in [0.1, 0.15) is 6.92 Å². The van der Waals surface area contributed by atoms with Gasteiger partial charge in [-0.15, -0.1) is 0 Å². The van der Waals surface area contributed by atoms with Crippen LogP contribution in [-0.4, -0.2) is 22.5 Å². The van der Waals surface area contributed by atoms with Crippen molar-refractivity contribution in [2.75, 3.05) is 0 Å². The first-order valence-corrected chi connectivity index (χ1v) is 1.88. The van der Waals surface area contributed by atoms with Crippen molar-refractivity contribution < 1.29 is 15.0 Å². The molecule has 0 saturated heterocycles. The summed E-state index contributed by atoms with van der Waals surface area (Å²) in [5.41, 5.74) is 8.50. The maximum absolute atomic E-state index is 9.00. The third-order valence-corrected chi connectivity index (χ3v) is 0. The molecule has 0 aliphatic rings. The van der Waals surface area contributed by atoms with Gasteiger partial charge in [0.1, 0.15) is 6.29 Å². The van der Waals surface area contributed by atoms with E-state index in [9.17, 15) is 0 Å². The van der Waals surface area contributed by atoms with Crippen molar-refractivity contribution in [1.82, 2.24) is 0 Å². The van der Waals surface area contributed by atoms with Crippen molar-refractivity contribution in [2.45, 2.75) is 13.2 Å². The summed E-state index contributed by atoms with van der Waals surface area (Å²) in [6.07, 6.45) is -1.17. The van der Waals surface area contributed by atoms with Crippen molar-refractivity contribution in [1.29, 1.82) is 0 Å². The molecular formula is C3H10N2O3.